The number of para-hydroxylation sites is 2. The van der Waals surface area contributed by atoms with Gasteiger partial charge in [0.1, 0.15) is 16.7 Å². The van der Waals surface area contributed by atoms with Crippen molar-refractivity contribution in [1.82, 2.24) is 4.31 Å². The van der Waals surface area contributed by atoms with Gasteiger partial charge in [0.2, 0.25) is 0 Å². The molecule has 0 fully saturated rings. The summed E-state index contributed by atoms with van der Waals surface area (Å²) >= 11 is 0. The monoisotopic (exact) mass is 581 g/mol. The first-order chi connectivity index (χ1) is 18.8. The second kappa shape index (κ2) is 11.6. The summed E-state index contributed by atoms with van der Waals surface area (Å²) in [5.74, 6) is -2.69. The van der Waals surface area contributed by atoms with Crippen LogP contribution in [0.4, 0.5) is 13.2 Å². The summed E-state index contributed by atoms with van der Waals surface area (Å²) < 4.78 is 79.4. The van der Waals surface area contributed by atoms with E-state index in [1.165, 1.54) is 29.6 Å². The highest BCUT2D eigenvalue weighted by Gasteiger charge is 2.36. The van der Waals surface area contributed by atoms with E-state index in [4.69, 9.17) is 9.47 Å². The van der Waals surface area contributed by atoms with Gasteiger partial charge in [-0.2, -0.15) is 4.31 Å². The lowest BCUT2D eigenvalue weighted by Gasteiger charge is -2.42. The summed E-state index contributed by atoms with van der Waals surface area (Å²) in [7, 11) is -2.26. The molecule has 1 aliphatic rings. The third-order valence-corrected chi connectivity index (χ3v) is 8.54. The van der Waals surface area contributed by atoms with Crippen molar-refractivity contribution in [1.29, 1.82) is 0 Å². The average Bonchev–Trinajstić information content (AvgIpc) is 2.96. The Labute approximate surface area is 231 Å². The lowest BCUT2D eigenvalue weighted by molar-refractivity contribution is -0.275. The Hall–Kier alpha value is -3.45. The SMILES string of the molecule is COc1cccc(C(CC(=O)O)c2ccc(C)c(CN3CC(C)Oc4ccccc4S3(O)O)c2)c1OC(F)(F)F. The van der Waals surface area contributed by atoms with E-state index >= 15 is 0 Å². The number of carbonyl (C=O) groups is 1. The van der Waals surface area contributed by atoms with Crippen LogP contribution in [0, 0.1) is 6.92 Å². The molecule has 0 saturated carbocycles. The maximum atomic E-state index is 13.3. The second-order valence-electron chi connectivity index (χ2n) is 9.48. The molecular weight excluding hydrogens is 551 g/mol. The van der Waals surface area contributed by atoms with Crippen LogP contribution >= 0.6 is 10.8 Å². The standard InChI is InChI=1S/C28H30F3NO7S/c1-17-11-12-19(22(14-26(33)34)21-7-6-9-24(37-3)27(21)39-28(29,30)31)13-20(17)16-32-15-18(2)38-23-8-4-5-10-25(23)40(32,35)36/h4-13,18,22,35-36H,14-16H2,1-3H3,(H,33,34). The fourth-order valence-corrected chi connectivity index (χ4v) is 6.42. The fourth-order valence-electron chi connectivity index (χ4n) is 4.76. The highest BCUT2D eigenvalue weighted by atomic mass is 32.3. The summed E-state index contributed by atoms with van der Waals surface area (Å²) in [4.78, 5) is 12.1. The molecule has 1 aliphatic heterocycles. The van der Waals surface area contributed by atoms with Crippen molar-refractivity contribution in [2.24, 2.45) is 0 Å². The second-order valence-corrected chi connectivity index (χ2v) is 11.5. The molecule has 1 heterocycles. The van der Waals surface area contributed by atoms with E-state index < -0.39 is 41.2 Å². The van der Waals surface area contributed by atoms with Crippen LogP contribution in [-0.2, 0) is 11.3 Å². The molecule has 3 aromatic rings. The smallest absolute Gasteiger partial charge is 0.493 e. The van der Waals surface area contributed by atoms with E-state index in [1.54, 1.807) is 42.5 Å². The predicted octanol–water partition coefficient (Wildman–Crippen LogP) is 6.82. The Bertz CT molecular complexity index is 1380. The summed E-state index contributed by atoms with van der Waals surface area (Å²) in [5, 5.41) is 9.68. The average molecular weight is 582 g/mol. The molecule has 12 heteroatoms. The zero-order valence-electron chi connectivity index (χ0n) is 22.0. The van der Waals surface area contributed by atoms with Gasteiger partial charge >= 0.3 is 12.3 Å². The quantitative estimate of drug-likeness (QED) is 0.266. The molecule has 2 atom stereocenters. The van der Waals surface area contributed by atoms with Crippen molar-refractivity contribution in [3.8, 4) is 17.2 Å². The molecular formula is C28H30F3NO7S. The number of aliphatic carboxylic acids is 1. The molecule has 4 rings (SSSR count). The zero-order valence-corrected chi connectivity index (χ0v) is 22.8. The molecule has 0 bridgehead atoms. The maximum absolute atomic E-state index is 13.3. The van der Waals surface area contributed by atoms with Gasteiger partial charge in [-0.15, -0.1) is 23.9 Å². The minimum atomic E-state index is -5.04. The molecule has 8 nitrogen and oxygen atoms in total. The van der Waals surface area contributed by atoms with Gasteiger partial charge in [0.05, 0.1) is 20.1 Å². The Kier molecular flexibility index (Phi) is 8.55. The van der Waals surface area contributed by atoms with Crippen LogP contribution in [0.1, 0.15) is 41.5 Å². The van der Waals surface area contributed by atoms with Gasteiger partial charge in [-0.3, -0.25) is 13.9 Å². The minimum Gasteiger partial charge on any atom is -0.493 e. The first kappa shape index (κ1) is 29.5. The number of ether oxygens (including phenoxy) is 3. The lowest BCUT2D eigenvalue weighted by Crippen LogP contribution is -2.33. The highest BCUT2D eigenvalue weighted by Crippen LogP contribution is 2.57. The van der Waals surface area contributed by atoms with E-state index in [1.807, 2.05) is 13.8 Å². The number of hydrogen-bond donors (Lipinski definition) is 3. The van der Waals surface area contributed by atoms with Crippen molar-refractivity contribution in [3.63, 3.8) is 0 Å². The topological polar surface area (TPSA) is 109 Å². The van der Waals surface area contributed by atoms with Gasteiger partial charge in [0.15, 0.2) is 11.5 Å². The highest BCUT2D eigenvalue weighted by molar-refractivity contribution is 8.22. The van der Waals surface area contributed by atoms with Crippen molar-refractivity contribution >= 4 is 16.7 Å². The van der Waals surface area contributed by atoms with Gasteiger partial charge in [-0.25, -0.2) is 0 Å². The Morgan fingerprint density at radius 1 is 1.15 bits per heavy atom. The summed E-state index contributed by atoms with van der Waals surface area (Å²) in [6, 6.07) is 15.9. The Morgan fingerprint density at radius 3 is 2.55 bits per heavy atom. The molecule has 0 aliphatic carbocycles. The molecule has 2 unspecified atom stereocenters. The molecule has 0 saturated heterocycles. The number of carboxylic acids is 1. The number of nitrogens with zero attached hydrogens (tertiary/aromatic N) is 1. The number of fused-ring (bicyclic) bond motifs is 1. The van der Waals surface area contributed by atoms with Crippen molar-refractivity contribution in [2.75, 3.05) is 13.7 Å². The van der Waals surface area contributed by atoms with E-state index in [0.29, 0.717) is 16.9 Å². The predicted molar refractivity (Wildman–Crippen MR) is 143 cm³/mol. The fraction of sp³-hybridized carbons (Fsp3) is 0.321. The molecule has 3 aromatic carbocycles. The molecule has 0 aromatic heterocycles. The molecule has 40 heavy (non-hydrogen) atoms. The summed E-state index contributed by atoms with van der Waals surface area (Å²) in [6.07, 6.45) is -5.94. The van der Waals surface area contributed by atoms with Crippen molar-refractivity contribution in [2.45, 2.75) is 50.1 Å². The number of rotatable bonds is 8. The van der Waals surface area contributed by atoms with Gasteiger partial charge in [-0.05, 0) is 48.7 Å². The number of halogens is 3. The number of methoxy groups -OCH3 is 1. The Morgan fingerprint density at radius 2 is 1.88 bits per heavy atom. The van der Waals surface area contributed by atoms with Crippen LogP contribution < -0.4 is 14.2 Å². The van der Waals surface area contributed by atoms with Crippen LogP contribution in [0.15, 0.2) is 65.6 Å². The first-order valence-electron chi connectivity index (χ1n) is 12.3. The molecule has 216 valence electrons. The van der Waals surface area contributed by atoms with E-state index in [-0.39, 0.29) is 35.4 Å². The van der Waals surface area contributed by atoms with E-state index in [9.17, 15) is 32.2 Å². The van der Waals surface area contributed by atoms with Gasteiger partial charge < -0.3 is 19.3 Å². The maximum Gasteiger partial charge on any atom is 0.573 e. The summed E-state index contributed by atoms with van der Waals surface area (Å²) in [6.45, 7) is 3.86. The van der Waals surface area contributed by atoms with Crippen LogP contribution in [0.5, 0.6) is 17.2 Å². The van der Waals surface area contributed by atoms with Crippen LogP contribution in [-0.4, -0.2) is 50.6 Å². The molecule has 0 amide bonds. The van der Waals surface area contributed by atoms with Crippen LogP contribution in [0.2, 0.25) is 0 Å². The van der Waals surface area contributed by atoms with Gasteiger partial charge in [-0.1, -0.05) is 42.5 Å². The molecule has 0 radical (unpaired) electrons. The van der Waals surface area contributed by atoms with E-state index in [2.05, 4.69) is 4.74 Å². The third-order valence-electron chi connectivity index (χ3n) is 6.62. The normalized spacial score (nSPS) is 18.6. The van der Waals surface area contributed by atoms with Crippen LogP contribution in [0.3, 0.4) is 0 Å². The number of benzene rings is 3. The van der Waals surface area contributed by atoms with Gasteiger partial charge in [0, 0.05) is 18.0 Å². The zero-order chi connectivity index (χ0) is 29.2. The number of alkyl halides is 3. The van der Waals surface area contributed by atoms with Gasteiger partial charge in [0.25, 0.3) is 0 Å². The number of carboxylic acid groups (broad SMARTS) is 1. The third kappa shape index (κ3) is 6.47. The number of aryl methyl sites for hydroxylation is 1. The molecule has 0 spiro atoms. The Balaban J connectivity index is 1.77. The van der Waals surface area contributed by atoms with Crippen molar-refractivity contribution < 1.29 is 46.4 Å². The summed E-state index contributed by atoms with van der Waals surface area (Å²) in [5.41, 5.74) is 1.82. The van der Waals surface area contributed by atoms with Crippen molar-refractivity contribution in [3.05, 3.63) is 82.9 Å². The first-order valence-corrected chi connectivity index (χ1v) is 13.8. The largest absolute Gasteiger partial charge is 0.573 e. The lowest BCUT2D eigenvalue weighted by atomic mass is 9.86. The van der Waals surface area contributed by atoms with E-state index in [0.717, 1.165) is 5.56 Å². The minimum absolute atomic E-state index is 0.0103. The van der Waals surface area contributed by atoms with Crippen LogP contribution in [0.25, 0.3) is 0 Å². The molecule has 3 N–H and O–H groups in total. The number of hydrogen-bond acceptors (Lipinski definition) is 7.